The van der Waals surface area contributed by atoms with Crippen molar-refractivity contribution in [2.24, 2.45) is 0 Å². The lowest BCUT2D eigenvalue weighted by atomic mass is 10.1. The molecule has 23 heavy (non-hydrogen) atoms. The Morgan fingerprint density at radius 1 is 1.22 bits per heavy atom. The second-order valence-electron chi connectivity index (χ2n) is 4.75. The van der Waals surface area contributed by atoms with Gasteiger partial charge in [-0.05, 0) is 30.7 Å². The third-order valence-electron chi connectivity index (χ3n) is 3.03. The summed E-state index contributed by atoms with van der Waals surface area (Å²) < 4.78 is 15.2. The predicted molar refractivity (Wildman–Crippen MR) is 87.5 cm³/mol. The van der Waals surface area contributed by atoms with Crippen LogP contribution in [0.1, 0.15) is 25.3 Å². The fourth-order valence-corrected chi connectivity index (χ4v) is 1.77. The maximum absolute atomic E-state index is 11.6. The molecule has 0 spiro atoms. The van der Waals surface area contributed by atoms with Crippen molar-refractivity contribution in [3.05, 3.63) is 29.8 Å². The third kappa shape index (κ3) is 6.86. The van der Waals surface area contributed by atoms with Gasteiger partial charge in [0.15, 0.2) is 6.61 Å². The maximum atomic E-state index is 11.6. The SMILES string of the molecule is CCCCNC(=O)COC(=O)/C=C/c1cc(OC)ccc1OC. The summed E-state index contributed by atoms with van der Waals surface area (Å²) in [5, 5.41) is 2.67. The van der Waals surface area contributed by atoms with E-state index in [9.17, 15) is 9.59 Å². The molecule has 0 aromatic heterocycles. The summed E-state index contributed by atoms with van der Waals surface area (Å²) in [6.45, 7) is 2.33. The van der Waals surface area contributed by atoms with E-state index in [-0.39, 0.29) is 12.5 Å². The zero-order valence-electron chi connectivity index (χ0n) is 13.8. The quantitative estimate of drug-likeness (QED) is 0.429. The van der Waals surface area contributed by atoms with Gasteiger partial charge in [-0.1, -0.05) is 13.3 Å². The normalized spacial score (nSPS) is 10.4. The molecule has 1 N–H and O–H groups in total. The first-order valence-corrected chi connectivity index (χ1v) is 7.44. The maximum Gasteiger partial charge on any atom is 0.331 e. The number of hydrogen-bond donors (Lipinski definition) is 1. The van der Waals surface area contributed by atoms with Gasteiger partial charge in [0.05, 0.1) is 14.2 Å². The number of ether oxygens (including phenoxy) is 3. The van der Waals surface area contributed by atoms with E-state index < -0.39 is 5.97 Å². The number of esters is 1. The standard InChI is InChI=1S/C17H23NO5/c1-4-5-10-18-16(19)12-23-17(20)9-6-13-11-14(21-2)7-8-15(13)22-3/h6-9,11H,4-5,10,12H2,1-3H3,(H,18,19)/b9-6+. The Hall–Kier alpha value is -2.50. The van der Waals surface area contributed by atoms with E-state index in [1.54, 1.807) is 31.4 Å². The molecule has 0 unspecified atom stereocenters. The fraction of sp³-hybridized carbons (Fsp3) is 0.412. The third-order valence-corrected chi connectivity index (χ3v) is 3.03. The molecule has 6 heteroatoms. The largest absolute Gasteiger partial charge is 0.497 e. The van der Waals surface area contributed by atoms with Crippen LogP contribution in [-0.2, 0) is 14.3 Å². The monoisotopic (exact) mass is 321 g/mol. The lowest BCUT2D eigenvalue weighted by Gasteiger charge is -2.07. The number of unbranched alkanes of at least 4 members (excludes halogenated alkanes) is 1. The molecule has 0 saturated heterocycles. The van der Waals surface area contributed by atoms with Crippen LogP contribution in [0, 0.1) is 0 Å². The Morgan fingerprint density at radius 3 is 2.65 bits per heavy atom. The highest BCUT2D eigenvalue weighted by atomic mass is 16.5. The van der Waals surface area contributed by atoms with E-state index in [2.05, 4.69) is 5.32 Å². The molecule has 6 nitrogen and oxygen atoms in total. The Labute approximate surface area is 136 Å². The van der Waals surface area contributed by atoms with Gasteiger partial charge >= 0.3 is 5.97 Å². The van der Waals surface area contributed by atoms with Gasteiger partial charge in [-0.3, -0.25) is 4.79 Å². The Bertz CT molecular complexity index is 554. The van der Waals surface area contributed by atoms with Crippen LogP contribution in [0.5, 0.6) is 11.5 Å². The average Bonchev–Trinajstić information content (AvgIpc) is 2.58. The van der Waals surface area contributed by atoms with E-state index in [0.717, 1.165) is 12.8 Å². The van der Waals surface area contributed by atoms with Gasteiger partial charge in [-0.25, -0.2) is 4.79 Å². The topological polar surface area (TPSA) is 73.9 Å². The average molecular weight is 321 g/mol. The molecule has 0 atom stereocenters. The van der Waals surface area contributed by atoms with Crippen LogP contribution in [0.2, 0.25) is 0 Å². The molecular weight excluding hydrogens is 298 g/mol. The molecule has 0 bridgehead atoms. The number of carbonyl (C=O) groups excluding carboxylic acids is 2. The lowest BCUT2D eigenvalue weighted by molar-refractivity contribution is -0.143. The highest BCUT2D eigenvalue weighted by Gasteiger charge is 2.06. The van der Waals surface area contributed by atoms with Crippen LogP contribution < -0.4 is 14.8 Å². The van der Waals surface area contributed by atoms with Crippen molar-refractivity contribution in [3.63, 3.8) is 0 Å². The fourth-order valence-electron chi connectivity index (χ4n) is 1.77. The van der Waals surface area contributed by atoms with E-state index >= 15 is 0 Å². The molecule has 0 radical (unpaired) electrons. The Kier molecular flexibility index (Phi) is 8.28. The van der Waals surface area contributed by atoms with Gasteiger partial charge in [-0.2, -0.15) is 0 Å². The Balaban J connectivity index is 2.53. The molecule has 0 aliphatic carbocycles. The number of hydrogen-bond acceptors (Lipinski definition) is 5. The molecule has 0 fully saturated rings. The number of methoxy groups -OCH3 is 2. The molecule has 1 aromatic carbocycles. The minimum absolute atomic E-state index is 0.290. The van der Waals surface area contributed by atoms with Crippen molar-refractivity contribution in [3.8, 4) is 11.5 Å². The molecule has 0 heterocycles. The summed E-state index contributed by atoms with van der Waals surface area (Å²) in [5.41, 5.74) is 0.677. The van der Waals surface area contributed by atoms with Gasteiger partial charge in [0.2, 0.25) is 0 Å². The number of benzene rings is 1. The van der Waals surface area contributed by atoms with E-state index in [4.69, 9.17) is 14.2 Å². The number of nitrogens with one attached hydrogen (secondary N) is 1. The molecule has 1 aromatic rings. The van der Waals surface area contributed by atoms with Crippen molar-refractivity contribution in [1.82, 2.24) is 5.32 Å². The van der Waals surface area contributed by atoms with Gasteiger partial charge in [0.25, 0.3) is 5.91 Å². The van der Waals surface area contributed by atoms with E-state index in [1.165, 1.54) is 13.2 Å². The first-order chi connectivity index (χ1) is 11.1. The minimum Gasteiger partial charge on any atom is -0.497 e. The minimum atomic E-state index is -0.597. The molecule has 0 aliphatic rings. The van der Waals surface area contributed by atoms with Gasteiger partial charge in [-0.15, -0.1) is 0 Å². The van der Waals surface area contributed by atoms with Crippen LogP contribution >= 0.6 is 0 Å². The molecule has 126 valence electrons. The summed E-state index contributed by atoms with van der Waals surface area (Å²) in [6.07, 6.45) is 4.69. The smallest absolute Gasteiger partial charge is 0.331 e. The van der Waals surface area contributed by atoms with E-state index in [0.29, 0.717) is 23.6 Å². The molecule has 0 saturated carbocycles. The zero-order chi connectivity index (χ0) is 17.1. The number of rotatable bonds is 9. The van der Waals surface area contributed by atoms with Gasteiger partial charge in [0, 0.05) is 18.2 Å². The van der Waals surface area contributed by atoms with Crippen molar-refractivity contribution in [1.29, 1.82) is 0 Å². The zero-order valence-corrected chi connectivity index (χ0v) is 13.8. The van der Waals surface area contributed by atoms with Gasteiger partial charge in [0.1, 0.15) is 11.5 Å². The number of carbonyl (C=O) groups is 2. The Morgan fingerprint density at radius 2 is 2.00 bits per heavy atom. The first kappa shape index (κ1) is 18.5. The van der Waals surface area contributed by atoms with Crippen LogP contribution in [0.4, 0.5) is 0 Å². The van der Waals surface area contributed by atoms with Gasteiger partial charge < -0.3 is 19.5 Å². The van der Waals surface area contributed by atoms with Crippen LogP contribution in [0.25, 0.3) is 6.08 Å². The second kappa shape index (κ2) is 10.3. The van der Waals surface area contributed by atoms with Crippen LogP contribution in [0.15, 0.2) is 24.3 Å². The summed E-state index contributed by atoms with van der Waals surface area (Å²) in [4.78, 5) is 23.1. The summed E-state index contributed by atoms with van der Waals surface area (Å²) in [5.74, 6) is 0.348. The van der Waals surface area contributed by atoms with Crippen molar-refractivity contribution < 1.29 is 23.8 Å². The predicted octanol–water partition coefficient (Wildman–Crippen LogP) is 2.18. The summed E-state index contributed by atoms with van der Waals surface area (Å²) >= 11 is 0. The summed E-state index contributed by atoms with van der Waals surface area (Å²) in [7, 11) is 3.10. The molecule has 1 amide bonds. The van der Waals surface area contributed by atoms with Crippen LogP contribution in [0.3, 0.4) is 0 Å². The van der Waals surface area contributed by atoms with Crippen molar-refractivity contribution >= 4 is 18.0 Å². The number of amides is 1. The molecule has 1 rings (SSSR count). The van der Waals surface area contributed by atoms with Crippen LogP contribution in [-0.4, -0.2) is 39.2 Å². The van der Waals surface area contributed by atoms with Crippen molar-refractivity contribution in [2.75, 3.05) is 27.4 Å². The molecular formula is C17H23NO5. The van der Waals surface area contributed by atoms with E-state index in [1.807, 2.05) is 6.92 Å². The second-order valence-corrected chi connectivity index (χ2v) is 4.75. The highest BCUT2D eigenvalue weighted by Crippen LogP contribution is 2.25. The highest BCUT2D eigenvalue weighted by molar-refractivity contribution is 5.89. The first-order valence-electron chi connectivity index (χ1n) is 7.44. The lowest BCUT2D eigenvalue weighted by Crippen LogP contribution is -2.29. The van der Waals surface area contributed by atoms with Crippen molar-refractivity contribution in [2.45, 2.75) is 19.8 Å². The molecule has 0 aliphatic heterocycles. The summed E-state index contributed by atoms with van der Waals surface area (Å²) in [6, 6.07) is 5.24.